The van der Waals surface area contributed by atoms with E-state index in [1.165, 1.54) is 7.11 Å². The topological polar surface area (TPSA) is 9.23 Å². The van der Waals surface area contributed by atoms with Crippen molar-refractivity contribution in [2.75, 3.05) is 7.11 Å². The first-order valence-corrected chi connectivity index (χ1v) is 6.43. The van der Waals surface area contributed by atoms with Crippen LogP contribution in [0.25, 0.3) is 0 Å². The van der Waals surface area contributed by atoms with Gasteiger partial charge in [0.2, 0.25) is 0 Å². The predicted molar refractivity (Wildman–Crippen MR) is 68.8 cm³/mol. The van der Waals surface area contributed by atoms with Gasteiger partial charge in [0.05, 0.1) is 7.11 Å². The summed E-state index contributed by atoms with van der Waals surface area (Å²) in [4.78, 5) is 0.429. The lowest BCUT2D eigenvalue weighted by atomic mass is 10.0. The van der Waals surface area contributed by atoms with Gasteiger partial charge in [-0.05, 0) is 30.4 Å². The van der Waals surface area contributed by atoms with E-state index in [1.54, 1.807) is 6.07 Å². The van der Waals surface area contributed by atoms with E-state index in [0.29, 0.717) is 16.5 Å². The second kappa shape index (κ2) is 6.24. The van der Waals surface area contributed by atoms with E-state index in [1.807, 2.05) is 12.1 Å². The zero-order valence-electron chi connectivity index (χ0n) is 9.97. The van der Waals surface area contributed by atoms with E-state index in [-0.39, 0.29) is 5.82 Å². The Balaban J connectivity index is 2.67. The van der Waals surface area contributed by atoms with Crippen molar-refractivity contribution in [3.05, 3.63) is 29.6 Å². The maximum absolute atomic E-state index is 13.8. The normalized spacial score (nSPS) is 12.9. The number of halogens is 2. The number of benzene rings is 1. The minimum Gasteiger partial charge on any atom is -0.494 e. The van der Waals surface area contributed by atoms with Crippen LogP contribution in [-0.4, -0.2) is 11.9 Å². The van der Waals surface area contributed by atoms with Crippen LogP contribution < -0.4 is 4.74 Å². The molecule has 1 rings (SSSR count). The Morgan fingerprint density at radius 1 is 1.38 bits per heavy atom. The predicted octanol–water partition coefficient (Wildman–Crippen LogP) is 4.19. The molecule has 0 amide bonds. The molecule has 1 atom stereocenters. The number of hydrogen-bond donors (Lipinski definition) is 0. The number of hydrogen-bond acceptors (Lipinski definition) is 1. The molecule has 0 fully saturated rings. The number of rotatable bonds is 5. The molecule has 1 aromatic carbocycles. The first-order chi connectivity index (χ1) is 7.56. The third-order valence-electron chi connectivity index (χ3n) is 2.68. The maximum atomic E-state index is 13.8. The first-order valence-electron chi connectivity index (χ1n) is 5.51. The minimum atomic E-state index is -0.228. The molecule has 0 bridgehead atoms. The highest BCUT2D eigenvalue weighted by molar-refractivity contribution is 9.09. The SMILES string of the molecule is COc1cccc(CCC(Br)C(C)C)c1F. The molecular weight excluding hydrogens is 271 g/mol. The van der Waals surface area contributed by atoms with E-state index >= 15 is 0 Å². The quantitative estimate of drug-likeness (QED) is 0.739. The zero-order chi connectivity index (χ0) is 12.1. The highest BCUT2D eigenvalue weighted by Crippen LogP contribution is 2.24. The van der Waals surface area contributed by atoms with Gasteiger partial charge in [-0.3, -0.25) is 0 Å². The monoisotopic (exact) mass is 288 g/mol. The lowest BCUT2D eigenvalue weighted by Gasteiger charge is -2.14. The molecule has 90 valence electrons. The van der Waals surface area contributed by atoms with Crippen molar-refractivity contribution in [3.8, 4) is 5.75 Å². The van der Waals surface area contributed by atoms with Crippen LogP contribution in [0.1, 0.15) is 25.8 Å². The van der Waals surface area contributed by atoms with Crippen LogP contribution in [0, 0.1) is 11.7 Å². The zero-order valence-corrected chi connectivity index (χ0v) is 11.6. The molecule has 1 aromatic rings. The van der Waals surface area contributed by atoms with Crippen LogP contribution in [0.4, 0.5) is 4.39 Å². The molecule has 0 radical (unpaired) electrons. The maximum Gasteiger partial charge on any atom is 0.168 e. The van der Waals surface area contributed by atoms with Crippen molar-refractivity contribution in [3.63, 3.8) is 0 Å². The van der Waals surface area contributed by atoms with Gasteiger partial charge >= 0.3 is 0 Å². The van der Waals surface area contributed by atoms with E-state index in [9.17, 15) is 4.39 Å². The molecule has 1 unspecified atom stereocenters. The smallest absolute Gasteiger partial charge is 0.168 e. The summed E-state index contributed by atoms with van der Waals surface area (Å²) in [6.07, 6.45) is 1.67. The van der Waals surface area contributed by atoms with Gasteiger partial charge in [-0.2, -0.15) is 0 Å². The molecule has 16 heavy (non-hydrogen) atoms. The summed E-state index contributed by atoms with van der Waals surface area (Å²) < 4.78 is 18.7. The standard InChI is InChI=1S/C13H18BrFO/c1-9(2)11(14)8-7-10-5-4-6-12(16-3)13(10)15/h4-6,9,11H,7-8H2,1-3H3. The molecule has 0 saturated heterocycles. The van der Waals surface area contributed by atoms with Crippen molar-refractivity contribution in [1.82, 2.24) is 0 Å². The van der Waals surface area contributed by atoms with Crippen LogP contribution in [0.15, 0.2) is 18.2 Å². The molecule has 0 aliphatic heterocycles. The Hall–Kier alpha value is -0.570. The molecule has 0 saturated carbocycles. The van der Waals surface area contributed by atoms with Gasteiger partial charge in [-0.25, -0.2) is 4.39 Å². The van der Waals surface area contributed by atoms with Crippen LogP contribution in [-0.2, 0) is 6.42 Å². The van der Waals surface area contributed by atoms with Gasteiger partial charge < -0.3 is 4.74 Å². The number of aryl methyl sites for hydroxylation is 1. The molecule has 0 heterocycles. The fourth-order valence-corrected chi connectivity index (χ4v) is 1.76. The van der Waals surface area contributed by atoms with Gasteiger partial charge in [0.1, 0.15) is 0 Å². The summed E-state index contributed by atoms with van der Waals surface area (Å²) in [6, 6.07) is 5.29. The number of alkyl halides is 1. The second-order valence-electron chi connectivity index (χ2n) is 4.23. The van der Waals surface area contributed by atoms with Crippen molar-refractivity contribution in [2.24, 2.45) is 5.92 Å². The number of ether oxygens (including phenoxy) is 1. The van der Waals surface area contributed by atoms with Gasteiger partial charge in [-0.15, -0.1) is 0 Å². The first kappa shape index (κ1) is 13.5. The lowest BCUT2D eigenvalue weighted by molar-refractivity contribution is 0.383. The summed E-state index contributed by atoms with van der Waals surface area (Å²) in [5, 5.41) is 0. The van der Waals surface area contributed by atoms with Gasteiger partial charge in [-0.1, -0.05) is 41.9 Å². The molecular formula is C13H18BrFO. The summed E-state index contributed by atoms with van der Waals surface area (Å²) in [7, 11) is 1.49. The van der Waals surface area contributed by atoms with E-state index in [0.717, 1.165) is 18.4 Å². The summed E-state index contributed by atoms with van der Waals surface area (Å²) in [5.41, 5.74) is 0.726. The molecule has 0 aliphatic carbocycles. The molecule has 0 spiro atoms. The molecule has 3 heteroatoms. The van der Waals surface area contributed by atoms with E-state index < -0.39 is 0 Å². The molecule has 0 N–H and O–H groups in total. The van der Waals surface area contributed by atoms with E-state index in [4.69, 9.17) is 4.74 Å². The van der Waals surface area contributed by atoms with Gasteiger partial charge in [0.25, 0.3) is 0 Å². The van der Waals surface area contributed by atoms with E-state index in [2.05, 4.69) is 29.8 Å². The van der Waals surface area contributed by atoms with Crippen LogP contribution in [0.3, 0.4) is 0 Å². The molecule has 0 aromatic heterocycles. The lowest BCUT2D eigenvalue weighted by Crippen LogP contribution is -2.08. The van der Waals surface area contributed by atoms with Crippen molar-refractivity contribution in [2.45, 2.75) is 31.5 Å². The molecule has 1 nitrogen and oxygen atoms in total. The highest BCUT2D eigenvalue weighted by atomic mass is 79.9. The Bertz CT molecular complexity index is 339. The Labute approximate surface area is 105 Å². The van der Waals surface area contributed by atoms with Crippen LogP contribution in [0.5, 0.6) is 5.75 Å². The van der Waals surface area contributed by atoms with Crippen LogP contribution >= 0.6 is 15.9 Å². The summed E-state index contributed by atoms with van der Waals surface area (Å²) >= 11 is 3.61. The molecule has 0 aliphatic rings. The summed E-state index contributed by atoms with van der Waals surface area (Å²) in [5.74, 6) is 0.662. The van der Waals surface area contributed by atoms with Crippen molar-refractivity contribution < 1.29 is 9.13 Å². The minimum absolute atomic E-state index is 0.228. The second-order valence-corrected chi connectivity index (χ2v) is 5.41. The third kappa shape index (κ3) is 3.48. The summed E-state index contributed by atoms with van der Waals surface area (Å²) in [6.45, 7) is 4.31. The highest BCUT2D eigenvalue weighted by Gasteiger charge is 2.12. The fraction of sp³-hybridized carbons (Fsp3) is 0.538. The Kier molecular flexibility index (Phi) is 5.26. The third-order valence-corrected chi connectivity index (χ3v) is 4.19. The fourth-order valence-electron chi connectivity index (χ4n) is 1.53. The average Bonchev–Trinajstić information content (AvgIpc) is 2.27. The van der Waals surface area contributed by atoms with Crippen molar-refractivity contribution >= 4 is 15.9 Å². The van der Waals surface area contributed by atoms with Crippen molar-refractivity contribution in [1.29, 1.82) is 0 Å². The van der Waals surface area contributed by atoms with Crippen LogP contribution in [0.2, 0.25) is 0 Å². The number of methoxy groups -OCH3 is 1. The Morgan fingerprint density at radius 2 is 2.06 bits per heavy atom. The average molecular weight is 289 g/mol. The van der Waals surface area contributed by atoms with Gasteiger partial charge in [0, 0.05) is 4.83 Å². The largest absolute Gasteiger partial charge is 0.494 e. The van der Waals surface area contributed by atoms with Gasteiger partial charge in [0.15, 0.2) is 11.6 Å². The Morgan fingerprint density at radius 3 is 2.62 bits per heavy atom.